The average Bonchev–Trinajstić information content (AvgIpc) is 3.19. The number of nitrogens with one attached hydrogen (secondary N) is 1. The van der Waals surface area contributed by atoms with Gasteiger partial charge in [-0.1, -0.05) is 13.0 Å². The second kappa shape index (κ2) is 5.87. The van der Waals surface area contributed by atoms with Gasteiger partial charge in [-0.25, -0.2) is 10.4 Å². The van der Waals surface area contributed by atoms with Gasteiger partial charge in [0.05, 0.1) is 10.6 Å². The second-order valence-corrected chi connectivity index (χ2v) is 6.94. The number of hydrogen-bond acceptors (Lipinski definition) is 5. The highest BCUT2D eigenvalue weighted by molar-refractivity contribution is 7.13. The summed E-state index contributed by atoms with van der Waals surface area (Å²) in [6.45, 7) is 4.13. The van der Waals surface area contributed by atoms with Crippen molar-refractivity contribution in [1.29, 1.82) is 0 Å². The quantitative estimate of drug-likeness (QED) is 0.780. The van der Waals surface area contributed by atoms with Gasteiger partial charge in [0.25, 0.3) is 0 Å². The van der Waals surface area contributed by atoms with E-state index in [9.17, 15) is 4.79 Å². The highest BCUT2D eigenvalue weighted by atomic mass is 32.1. The van der Waals surface area contributed by atoms with Gasteiger partial charge in [0, 0.05) is 17.9 Å². The monoisotopic (exact) mass is 339 g/mol. The van der Waals surface area contributed by atoms with Crippen LogP contribution in [-0.4, -0.2) is 16.6 Å². The molecule has 0 aliphatic carbocycles. The van der Waals surface area contributed by atoms with Crippen LogP contribution in [0.2, 0.25) is 0 Å². The van der Waals surface area contributed by atoms with Gasteiger partial charge in [-0.3, -0.25) is 4.79 Å². The van der Waals surface area contributed by atoms with Gasteiger partial charge >= 0.3 is 0 Å². The van der Waals surface area contributed by atoms with Crippen LogP contribution in [0.3, 0.4) is 0 Å². The molecule has 1 aliphatic heterocycles. The first kappa shape index (κ1) is 15.1. The number of thiophene rings is 1. The molecule has 1 atom stereocenters. The zero-order valence-electron chi connectivity index (χ0n) is 13.5. The van der Waals surface area contributed by atoms with Crippen molar-refractivity contribution in [3.63, 3.8) is 0 Å². The van der Waals surface area contributed by atoms with Gasteiger partial charge in [0.1, 0.15) is 5.52 Å². The van der Waals surface area contributed by atoms with E-state index in [1.165, 1.54) is 5.56 Å². The number of aryl methyl sites for hydroxylation is 1. The van der Waals surface area contributed by atoms with Gasteiger partial charge in [-0.05, 0) is 42.5 Å². The highest BCUT2D eigenvalue weighted by Crippen LogP contribution is 2.30. The van der Waals surface area contributed by atoms with E-state index in [2.05, 4.69) is 40.8 Å². The van der Waals surface area contributed by atoms with Crippen molar-refractivity contribution in [2.45, 2.75) is 26.7 Å². The lowest BCUT2D eigenvalue weighted by atomic mass is 9.90. The number of oxazole rings is 1. The Morgan fingerprint density at radius 1 is 1.38 bits per heavy atom. The summed E-state index contributed by atoms with van der Waals surface area (Å²) in [7, 11) is 0. The Hall–Kier alpha value is -2.47. The molecule has 0 saturated heterocycles. The van der Waals surface area contributed by atoms with E-state index >= 15 is 0 Å². The molecule has 1 aromatic carbocycles. The second-order valence-electron chi connectivity index (χ2n) is 6.03. The predicted molar refractivity (Wildman–Crippen MR) is 95.1 cm³/mol. The molecule has 1 N–H and O–H groups in total. The molecular weight excluding hydrogens is 322 g/mol. The number of benzene rings is 1. The smallest absolute Gasteiger partial charge is 0.240 e. The van der Waals surface area contributed by atoms with Crippen molar-refractivity contribution in [3.05, 3.63) is 40.8 Å². The summed E-state index contributed by atoms with van der Waals surface area (Å²) in [4.78, 5) is 17.1. The van der Waals surface area contributed by atoms with Crippen molar-refractivity contribution < 1.29 is 9.21 Å². The lowest BCUT2D eigenvalue weighted by Crippen LogP contribution is -2.33. The number of hydrogen-bond donors (Lipinski definition) is 1. The summed E-state index contributed by atoms with van der Waals surface area (Å²) in [5, 5.41) is 6.35. The van der Waals surface area contributed by atoms with Gasteiger partial charge in [-0.2, -0.15) is 5.10 Å². The lowest BCUT2D eigenvalue weighted by Gasteiger charge is -2.21. The summed E-state index contributed by atoms with van der Waals surface area (Å²) in [5.41, 5.74) is 7.23. The molecule has 2 aromatic heterocycles. The molecule has 0 fully saturated rings. The molecule has 4 rings (SSSR count). The van der Waals surface area contributed by atoms with E-state index in [1.54, 1.807) is 11.3 Å². The molecule has 5 nitrogen and oxygen atoms in total. The van der Waals surface area contributed by atoms with Crippen molar-refractivity contribution in [1.82, 2.24) is 10.4 Å². The molecular formula is C18H17N3O2S. The molecule has 0 saturated carbocycles. The topological polar surface area (TPSA) is 67.5 Å². The van der Waals surface area contributed by atoms with E-state index in [0.29, 0.717) is 12.3 Å². The first-order chi connectivity index (χ1) is 11.6. The normalized spacial score (nSPS) is 17.8. The third kappa shape index (κ3) is 2.63. The Kier molecular flexibility index (Phi) is 3.69. The molecule has 24 heavy (non-hydrogen) atoms. The minimum Gasteiger partial charge on any atom is -0.435 e. The summed E-state index contributed by atoms with van der Waals surface area (Å²) in [5.74, 6) is 0.756. The summed E-state index contributed by atoms with van der Waals surface area (Å²) >= 11 is 1.63. The summed E-state index contributed by atoms with van der Waals surface area (Å²) < 4.78 is 5.95. The SMILES string of the molecule is CCC1CC(=O)NN=C1c1ccc2nc(-c3cc(C)cs3)oc2c1. The Labute approximate surface area is 143 Å². The Morgan fingerprint density at radius 3 is 3.00 bits per heavy atom. The maximum atomic E-state index is 11.5. The number of fused-ring (bicyclic) bond motifs is 1. The standard InChI is InChI=1S/C18H17N3O2S/c1-3-11-8-16(22)20-21-17(11)12-4-5-13-14(7-12)23-18(19-13)15-6-10(2)9-24-15/h4-7,9,11H,3,8H2,1-2H3,(H,20,22). The molecule has 122 valence electrons. The number of carbonyl (C=O) groups is 1. The fraction of sp³-hybridized carbons (Fsp3) is 0.278. The minimum absolute atomic E-state index is 0.0262. The van der Waals surface area contributed by atoms with Crippen LogP contribution in [0.25, 0.3) is 21.9 Å². The van der Waals surface area contributed by atoms with Gasteiger partial charge in [0.15, 0.2) is 5.58 Å². The molecule has 3 heterocycles. The van der Waals surface area contributed by atoms with Crippen molar-refractivity contribution in [3.8, 4) is 10.8 Å². The molecule has 1 unspecified atom stereocenters. The van der Waals surface area contributed by atoms with E-state index in [4.69, 9.17) is 4.42 Å². The third-order valence-corrected chi connectivity index (χ3v) is 5.27. The van der Waals surface area contributed by atoms with Gasteiger partial charge in [0.2, 0.25) is 11.8 Å². The van der Waals surface area contributed by atoms with Crippen molar-refractivity contribution in [2.24, 2.45) is 11.0 Å². The zero-order valence-corrected chi connectivity index (χ0v) is 14.3. The summed E-state index contributed by atoms with van der Waals surface area (Å²) in [6.07, 6.45) is 1.35. The van der Waals surface area contributed by atoms with Gasteiger partial charge < -0.3 is 4.42 Å². The molecule has 1 aliphatic rings. The van der Waals surface area contributed by atoms with Crippen LogP contribution in [0, 0.1) is 12.8 Å². The Bertz CT molecular complexity index is 954. The van der Waals surface area contributed by atoms with E-state index in [-0.39, 0.29) is 11.8 Å². The molecule has 0 spiro atoms. The molecule has 1 amide bonds. The van der Waals surface area contributed by atoms with Crippen molar-refractivity contribution in [2.75, 3.05) is 0 Å². The van der Waals surface area contributed by atoms with Crippen LogP contribution in [0.15, 0.2) is 39.2 Å². The van der Waals surface area contributed by atoms with Crippen LogP contribution in [0.1, 0.15) is 30.9 Å². The summed E-state index contributed by atoms with van der Waals surface area (Å²) in [6, 6.07) is 7.98. The molecule has 0 bridgehead atoms. The number of rotatable bonds is 3. The van der Waals surface area contributed by atoms with Crippen LogP contribution >= 0.6 is 11.3 Å². The zero-order chi connectivity index (χ0) is 16.7. The fourth-order valence-corrected chi connectivity index (χ4v) is 3.77. The van der Waals surface area contributed by atoms with E-state index in [1.807, 2.05) is 18.2 Å². The van der Waals surface area contributed by atoms with E-state index < -0.39 is 0 Å². The van der Waals surface area contributed by atoms with Crippen molar-refractivity contribution >= 4 is 34.1 Å². The lowest BCUT2D eigenvalue weighted by molar-refractivity contribution is -0.122. The maximum absolute atomic E-state index is 11.5. The highest BCUT2D eigenvalue weighted by Gasteiger charge is 2.24. The number of amides is 1. The maximum Gasteiger partial charge on any atom is 0.240 e. The first-order valence-corrected chi connectivity index (χ1v) is 8.85. The van der Waals surface area contributed by atoms with Gasteiger partial charge in [-0.15, -0.1) is 11.3 Å². The Morgan fingerprint density at radius 2 is 2.25 bits per heavy atom. The van der Waals surface area contributed by atoms with E-state index in [0.717, 1.165) is 33.7 Å². The van der Waals surface area contributed by atoms with Crippen LogP contribution in [-0.2, 0) is 4.79 Å². The van der Waals surface area contributed by atoms with Crippen LogP contribution in [0.5, 0.6) is 0 Å². The number of carbonyl (C=O) groups excluding carboxylic acids is 1. The Balaban J connectivity index is 1.74. The first-order valence-electron chi connectivity index (χ1n) is 7.97. The molecule has 6 heteroatoms. The molecule has 3 aromatic rings. The number of aromatic nitrogens is 1. The predicted octanol–water partition coefficient (Wildman–Crippen LogP) is 4.11. The average molecular weight is 339 g/mol. The fourth-order valence-electron chi connectivity index (χ4n) is 2.95. The molecule has 0 radical (unpaired) electrons. The number of nitrogens with zero attached hydrogens (tertiary/aromatic N) is 2. The van der Waals surface area contributed by atoms with Crippen LogP contribution in [0.4, 0.5) is 0 Å². The third-order valence-electron chi connectivity index (χ3n) is 4.24. The number of hydrazone groups is 1. The largest absolute Gasteiger partial charge is 0.435 e. The van der Waals surface area contributed by atoms with Crippen LogP contribution < -0.4 is 5.43 Å². The minimum atomic E-state index is -0.0262.